The summed E-state index contributed by atoms with van der Waals surface area (Å²) in [6, 6.07) is 45.2. The number of hydrogen-bond acceptors (Lipinski definition) is 5. The number of benzene rings is 5. The molecule has 0 atom stereocenters. The standard InChI is InChI=1S/C38H33NO4/c1-28(40)42-26-31-15-21-36(22-16-31)39(37-23-17-32(18-24-37)27-43-29(2)41)35-19-13-30(14-20-35)25-38(33-9-5-3-6-10-33)34-11-7-4-8-12-34/h3-25H,26-27H2,1-2H3. The van der Waals surface area contributed by atoms with Crippen molar-refractivity contribution in [1.29, 1.82) is 0 Å². The first-order valence-corrected chi connectivity index (χ1v) is 14.1. The third kappa shape index (κ3) is 7.86. The average Bonchev–Trinajstić information content (AvgIpc) is 3.04. The Morgan fingerprint density at radius 2 is 0.907 bits per heavy atom. The van der Waals surface area contributed by atoms with Gasteiger partial charge in [-0.15, -0.1) is 0 Å². The minimum Gasteiger partial charge on any atom is -0.461 e. The van der Waals surface area contributed by atoms with Crippen LogP contribution in [0.3, 0.4) is 0 Å². The Hall–Kier alpha value is -5.42. The smallest absolute Gasteiger partial charge is 0.302 e. The van der Waals surface area contributed by atoms with Crippen LogP contribution < -0.4 is 4.90 Å². The van der Waals surface area contributed by atoms with Crippen LogP contribution in [-0.2, 0) is 32.3 Å². The largest absolute Gasteiger partial charge is 0.461 e. The highest BCUT2D eigenvalue weighted by Gasteiger charge is 2.14. The van der Waals surface area contributed by atoms with E-state index >= 15 is 0 Å². The maximum absolute atomic E-state index is 11.3. The van der Waals surface area contributed by atoms with Gasteiger partial charge in [-0.05, 0) is 75.9 Å². The van der Waals surface area contributed by atoms with E-state index in [9.17, 15) is 9.59 Å². The van der Waals surface area contributed by atoms with Crippen molar-refractivity contribution in [3.63, 3.8) is 0 Å². The lowest BCUT2D eigenvalue weighted by molar-refractivity contribution is -0.143. The number of carbonyl (C=O) groups is 2. The summed E-state index contributed by atoms with van der Waals surface area (Å²) in [6.07, 6.45) is 2.21. The van der Waals surface area contributed by atoms with E-state index < -0.39 is 0 Å². The number of anilines is 3. The van der Waals surface area contributed by atoms with Crippen LogP contribution in [0.25, 0.3) is 11.6 Å². The second-order valence-electron chi connectivity index (χ2n) is 10.1. The second kappa shape index (κ2) is 14.0. The Bertz CT molecular complexity index is 1570. The van der Waals surface area contributed by atoms with Crippen LogP contribution >= 0.6 is 0 Å². The van der Waals surface area contributed by atoms with Gasteiger partial charge in [-0.2, -0.15) is 0 Å². The second-order valence-corrected chi connectivity index (χ2v) is 10.1. The molecule has 5 rings (SSSR count). The van der Waals surface area contributed by atoms with E-state index in [0.29, 0.717) is 0 Å². The molecule has 214 valence electrons. The summed E-state index contributed by atoms with van der Waals surface area (Å²) < 4.78 is 10.3. The molecule has 0 spiro atoms. The number of nitrogens with zero attached hydrogens (tertiary/aromatic N) is 1. The molecular formula is C38H33NO4. The van der Waals surface area contributed by atoms with Crippen molar-refractivity contribution < 1.29 is 19.1 Å². The van der Waals surface area contributed by atoms with Crippen LogP contribution in [-0.4, -0.2) is 11.9 Å². The Balaban J connectivity index is 1.49. The van der Waals surface area contributed by atoms with Crippen LogP contribution in [0.1, 0.15) is 41.7 Å². The number of esters is 2. The van der Waals surface area contributed by atoms with Crippen molar-refractivity contribution in [1.82, 2.24) is 0 Å². The number of rotatable bonds is 10. The first-order valence-electron chi connectivity index (χ1n) is 14.1. The van der Waals surface area contributed by atoms with Crippen LogP contribution in [0.15, 0.2) is 133 Å². The van der Waals surface area contributed by atoms with Crippen LogP contribution in [0.4, 0.5) is 17.1 Å². The molecule has 0 saturated heterocycles. The molecule has 5 nitrogen and oxygen atoms in total. The van der Waals surface area contributed by atoms with Gasteiger partial charge in [0.2, 0.25) is 0 Å². The maximum atomic E-state index is 11.3. The van der Waals surface area contributed by atoms with E-state index in [4.69, 9.17) is 9.47 Å². The Kier molecular flexibility index (Phi) is 9.45. The first kappa shape index (κ1) is 29.1. The molecule has 0 unspecified atom stereocenters. The van der Waals surface area contributed by atoms with E-state index in [2.05, 4.69) is 83.8 Å². The molecule has 0 aliphatic heterocycles. The van der Waals surface area contributed by atoms with Crippen molar-refractivity contribution >= 4 is 40.6 Å². The quantitative estimate of drug-likeness (QED) is 0.125. The highest BCUT2D eigenvalue weighted by atomic mass is 16.5. The van der Waals surface area contributed by atoms with E-state index in [0.717, 1.165) is 50.5 Å². The molecule has 43 heavy (non-hydrogen) atoms. The van der Waals surface area contributed by atoms with Crippen LogP contribution in [0.5, 0.6) is 0 Å². The molecule has 5 heteroatoms. The lowest BCUT2D eigenvalue weighted by atomic mass is 9.95. The lowest BCUT2D eigenvalue weighted by Gasteiger charge is -2.26. The average molecular weight is 568 g/mol. The Labute approximate surface area is 252 Å². The molecule has 0 aromatic heterocycles. The monoisotopic (exact) mass is 567 g/mol. The third-order valence-electron chi connectivity index (χ3n) is 6.91. The zero-order valence-electron chi connectivity index (χ0n) is 24.3. The van der Waals surface area contributed by atoms with E-state index in [1.165, 1.54) is 13.8 Å². The van der Waals surface area contributed by atoms with Gasteiger partial charge in [-0.25, -0.2) is 0 Å². The molecule has 5 aromatic carbocycles. The van der Waals surface area contributed by atoms with E-state index in [-0.39, 0.29) is 25.2 Å². The molecule has 0 N–H and O–H groups in total. The maximum Gasteiger partial charge on any atom is 0.302 e. The summed E-state index contributed by atoms with van der Waals surface area (Å²) >= 11 is 0. The molecule has 0 radical (unpaired) electrons. The fraction of sp³-hybridized carbons (Fsp3) is 0.105. The normalized spacial score (nSPS) is 10.5. The van der Waals surface area contributed by atoms with E-state index in [1.807, 2.05) is 60.7 Å². The summed E-state index contributed by atoms with van der Waals surface area (Å²) in [4.78, 5) is 24.7. The van der Waals surface area contributed by atoms with Crippen molar-refractivity contribution in [2.24, 2.45) is 0 Å². The molecule has 0 aliphatic rings. The SMILES string of the molecule is CC(=O)OCc1ccc(N(c2ccc(C=C(c3ccccc3)c3ccccc3)cc2)c2ccc(COC(C)=O)cc2)cc1. The van der Waals surface area contributed by atoms with Gasteiger partial charge >= 0.3 is 11.9 Å². The van der Waals surface area contributed by atoms with E-state index in [1.54, 1.807) is 0 Å². The first-order chi connectivity index (χ1) is 21.0. The summed E-state index contributed by atoms with van der Waals surface area (Å²) in [5.74, 6) is -0.618. The van der Waals surface area contributed by atoms with Crippen molar-refractivity contribution in [2.45, 2.75) is 27.1 Å². The highest BCUT2D eigenvalue weighted by Crippen LogP contribution is 2.35. The lowest BCUT2D eigenvalue weighted by Crippen LogP contribution is -2.10. The van der Waals surface area contributed by atoms with Gasteiger partial charge in [0.1, 0.15) is 13.2 Å². The summed E-state index contributed by atoms with van der Waals surface area (Å²) in [6.45, 7) is 3.27. The van der Waals surface area contributed by atoms with Gasteiger partial charge < -0.3 is 14.4 Å². The highest BCUT2D eigenvalue weighted by molar-refractivity contribution is 5.91. The molecule has 0 fully saturated rings. The molecule has 5 aromatic rings. The fourth-order valence-corrected chi connectivity index (χ4v) is 4.75. The van der Waals surface area contributed by atoms with Crippen molar-refractivity contribution in [3.8, 4) is 0 Å². The number of hydrogen-bond donors (Lipinski definition) is 0. The Morgan fingerprint density at radius 3 is 1.28 bits per heavy atom. The zero-order valence-corrected chi connectivity index (χ0v) is 24.3. The van der Waals surface area contributed by atoms with Gasteiger partial charge in [0.05, 0.1) is 0 Å². The summed E-state index contributed by atoms with van der Waals surface area (Å²) in [5.41, 5.74) is 9.25. The fourth-order valence-electron chi connectivity index (χ4n) is 4.75. The third-order valence-corrected chi connectivity index (χ3v) is 6.91. The Morgan fingerprint density at radius 1 is 0.535 bits per heavy atom. The topological polar surface area (TPSA) is 55.8 Å². The van der Waals surface area contributed by atoms with Gasteiger partial charge in [0.25, 0.3) is 0 Å². The molecule has 0 bridgehead atoms. The zero-order chi connectivity index (χ0) is 30.0. The van der Waals surface area contributed by atoms with Crippen molar-refractivity contribution in [2.75, 3.05) is 4.90 Å². The van der Waals surface area contributed by atoms with Crippen LogP contribution in [0, 0.1) is 0 Å². The van der Waals surface area contributed by atoms with Gasteiger partial charge in [0.15, 0.2) is 0 Å². The molecule has 0 saturated carbocycles. The van der Waals surface area contributed by atoms with Gasteiger partial charge in [-0.1, -0.05) is 97.1 Å². The van der Waals surface area contributed by atoms with Gasteiger partial charge in [0, 0.05) is 30.9 Å². The summed E-state index contributed by atoms with van der Waals surface area (Å²) in [7, 11) is 0. The van der Waals surface area contributed by atoms with Gasteiger partial charge in [-0.3, -0.25) is 9.59 Å². The summed E-state index contributed by atoms with van der Waals surface area (Å²) in [5, 5.41) is 0. The predicted molar refractivity (Wildman–Crippen MR) is 172 cm³/mol. The van der Waals surface area contributed by atoms with Crippen LogP contribution in [0.2, 0.25) is 0 Å². The number of ether oxygens (including phenoxy) is 2. The molecule has 0 aliphatic carbocycles. The molecule has 0 heterocycles. The minimum atomic E-state index is -0.309. The predicted octanol–water partition coefficient (Wildman–Crippen LogP) is 8.87. The number of carbonyl (C=O) groups excluding carboxylic acids is 2. The van der Waals surface area contributed by atoms with Crippen molar-refractivity contribution in [3.05, 3.63) is 161 Å². The minimum absolute atomic E-state index is 0.229. The molecular weight excluding hydrogens is 534 g/mol. The molecule has 0 amide bonds.